The highest BCUT2D eigenvalue weighted by atomic mass is 35.5. The summed E-state index contributed by atoms with van der Waals surface area (Å²) < 4.78 is 5.69. The van der Waals surface area contributed by atoms with Crippen molar-refractivity contribution in [3.63, 3.8) is 0 Å². The molecule has 2 heterocycles. The van der Waals surface area contributed by atoms with Gasteiger partial charge < -0.3 is 20.7 Å². The van der Waals surface area contributed by atoms with Crippen molar-refractivity contribution in [1.29, 1.82) is 0 Å². The summed E-state index contributed by atoms with van der Waals surface area (Å²) in [7, 11) is 0. The smallest absolute Gasteiger partial charge is 0.323 e. The zero-order chi connectivity index (χ0) is 16.1. The summed E-state index contributed by atoms with van der Waals surface area (Å²) in [4.78, 5) is 15.8. The van der Waals surface area contributed by atoms with Gasteiger partial charge in [0.05, 0.1) is 24.6 Å². The van der Waals surface area contributed by atoms with Gasteiger partial charge in [0.1, 0.15) is 5.15 Å². The van der Waals surface area contributed by atoms with Crippen LogP contribution in [0.1, 0.15) is 11.7 Å². The van der Waals surface area contributed by atoms with E-state index in [9.17, 15) is 4.79 Å². The van der Waals surface area contributed by atoms with Crippen LogP contribution >= 0.6 is 11.6 Å². The number of pyridine rings is 1. The van der Waals surface area contributed by atoms with E-state index >= 15 is 0 Å². The number of carbonyl (C=O) groups is 1. The number of rotatable bonds is 3. The predicted octanol–water partition coefficient (Wildman–Crippen LogP) is 3.04. The first-order chi connectivity index (χ1) is 11.2. The fourth-order valence-electron chi connectivity index (χ4n) is 2.30. The third-order valence-corrected chi connectivity index (χ3v) is 3.68. The molecular weight excluding hydrogens is 316 g/mol. The molecule has 1 fully saturated rings. The van der Waals surface area contributed by atoms with E-state index in [4.69, 9.17) is 16.3 Å². The maximum absolute atomic E-state index is 11.9. The van der Waals surface area contributed by atoms with Crippen LogP contribution in [0.15, 0.2) is 42.6 Å². The highest BCUT2D eigenvalue weighted by Crippen LogP contribution is 2.20. The van der Waals surface area contributed by atoms with Crippen molar-refractivity contribution in [2.24, 2.45) is 0 Å². The predicted molar refractivity (Wildman–Crippen MR) is 89.9 cm³/mol. The van der Waals surface area contributed by atoms with E-state index in [2.05, 4.69) is 20.9 Å². The number of benzene rings is 1. The SMILES string of the molecule is O=C(Nc1ccc([C@@H]2CNCCO2)cc1)Nc1ccc(Cl)nc1. The Kier molecular flexibility index (Phi) is 5.07. The number of morpholine rings is 1. The topological polar surface area (TPSA) is 75.3 Å². The van der Waals surface area contributed by atoms with Crippen LogP contribution in [0.5, 0.6) is 0 Å². The minimum Gasteiger partial charge on any atom is -0.371 e. The lowest BCUT2D eigenvalue weighted by Gasteiger charge is -2.24. The van der Waals surface area contributed by atoms with Crippen LogP contribution in [0.4, 0.5) is 16.2 Å². The number of nitrogens with one attached hydrogen (secondary N) is 3. The number of hydrogen-bond acceptors (Lipinski definition) is 4. The molecule has 0 saturated carbocycles. The number of ether oxygens (including phenoxy) is 1. The van der Waals surface area contributed by atoms with Crippen molar-refractivity contribution in [3.8, 4) is 0 Å². The summed E-state index contributed by atoms with van der Waals surface area (Å²) in [5.41, 5.74) is 2.37. The molecule has 1 aliphatic heterocycles. The van der Waals surface area contributed by atoms with E-state index in [0.717, 1.165) is 18.7 Å². The molecule has 120 valence electrons. The van der Waals surface area contributed by atoms with Crippen molar-refractivity contribution >= 4 is 29.0 Å². The van der Waals surface area contributed by atoms with E-state index < -0.39 is 0 Å². The highest BCUT2D eigenvalue weighted by Gasteiger charge is 2.15. The molecule has 1 aliphatic rings. The van der Waals surface area contributed by atoms with Gasteiger partial charge in [0.2, 0.25) is 0 Å². The van der Waals surface area contributed by atoms with Gasteiger partial charge in [0.15, 0.2) is 0 Å². The molecule has 0 bridgehead atoms. The average Bonchev–Trinajstić information content (AvgIpc) is 2.58. The van der Waals surface area contributed by atoms with E-state index in [1.807, 2.05) is 24.3 Å². The van der Waals surface area contributed by atoms with Gasteiger partial charge in [-0.1, -0.05) is 23.7 Å². The molecule has 0 radical (unpaired) electrons. The maximum Gasteiger partial charge on any atom is 0.323 e. The van der Waals surface area contributed by atoms with Crippen molar-refractivity contribution in [2.75, 3.05) is 30.3 Å². The molecule has 1 aromatic carbocycles. The second-order valence-corrected chi connectivity index (χ2v) is 5.52. The molecule has 0 aliphatic carbocycles. The van der Waals surface area contributed by atoms with E-state index in [1.165, 1.54) is 6.20 Å². The quantitative estimate of drug-likeness (QED) is 0.755. The molecule has 3 rings (SSSR count). The van der Waals surface area contributed by atoms with Gasteiger partial charge in [0, 0.05) is 18.8 Å². The summed E-state index contributed by atoms with van der Waals surface area (Å²) >= 11 is 5.70. The lowest BCUT2D eigenvalue weighted by Crippen LogP contribution is -2.33. The third-order valence-electron chi connectivity index (χ3n) is 3.45. The zero-order valence-electron chi connectivity index (χ0n) is 12.4. The Morgan fingerprint density at radius 2 is 1.91 bits per heavy atom. The number of carbonyl (C=O) groups excluding carboxylic acids is 1. The highest BCUT2D eigenvalue weighted by molar-refractivity contribution is 6.29. The van der Waals surface area contributed by atoms with Crippen LogP contribution in [0, 0.1) is 0 Å². The Bertz CT molecular complexity index is 655. The average molecular weight is 333 g/mol. The Hall–Kier alpha value is -2.15. The molecule has 7 heteroatoms. The van der Waals surface area contributed by atoms with Crippen LogP contribution in [0.3, 0.4) is 0 Å². The molecule has 2 amide bonds. The van der Waals surface area contributed by atoms with Gasteiger partial charge in [-0.05, 0) is 29.8 Å². The van der Waals surface area contributed by atoms with Crippen molar-refractivity contribution in [3.05, 3.63) is 53.3 Å². The minimum atomic E-state index is -0.336. The second kappa shape index (κ2) is 7.41. The fourth-order valence-corrected chi connectivity index (χ4v) is 2.42. The van der Waals surface area contributed by atoms with Crippen LogP contribution in [-0.2, 0) is 4.74 Å². The lowest BCUT2D eigenvalue weighted by molar-refractivity contribution is 0.0277. The Balaban J connectivity index is 1.57. The van der Waals surface area contributed by atoms with Gasteiger partial charge in [-0.25, -0.2) is 9.78 Å². The number of aromatic nitrogens is 1. The Morgan fingerprint density at radius 3 is 2.57 bits per heavy atom. The Morgan fingerprint density at radius 1 is 1.17 bits per heavy atom. The van der Waals surface area contributed by atoms with Crippen molar-refractivity contribution in [2.45, 2.75) is 6.10 Å². The van der Waals surface area contributed by atoms with Crippen molar-refractivity contribution in [1.82, 2.24) is 10.3 Å². The molecule has 0 unspecified atom stereocenters. The van der Waals surface area contributed by atoms with Gasteiger partial charge in [-0.3, -0.25) is 0 Å². The monoisotopic (exact) mass is 332 g/mol. The van der Waals surface area contributed by atoms with Gasteiger partial charge >= 0.3 is 6.03 Å². The molecular formula is C16H17ClN4O2. The number of urea groups is 1. The molecule has 1 aromatic heterocycles. The molecule has 23 heavy (non-hydrogen) atoms. The minimum absolute atomic E-state index is 0.0618. The maximum atomic E-state index is 11.9. The summed E-state index contributed by atoms with van der Waals surface area (Å²) in [6, 6.07) is 10.6. The Labute approximate surface area is 139 Å². The second-order valence-electron chi connectivity index (χ2n) is 5.13. The molecule has 0 spiro atoms. The van der Waals surface area contributed by atoms with E-state index in [0.29, 0.717) is 23.1 Å². The molecule has 2 aromatic rings. The molecule has 3 N–H and O–H groups in total. The normalized spacial score (nSPS) is 17.5. The van der Waals surface area contributed by atoms with Crippen LogP contribution in [0.2, 0.25) is 5.15 Å². The van der Waals surface area contributed by atoms with Crippen LogP contribution in [-0.4, -0.2) is 30.7 Å². The van der Waals surface area contributed by atoms with Crippen LogP contribution in [0.25, 0.3) is 0 Å². The number of amides is 2. The third kappa shape index (κ3) is 4.41. The summed E-state index contributed by atoms with van der Waals surface area (Å²) in [6.07, 6.45) is 1.56. The van der Waals surface area contributed by atoms with Crippen LogP contribution < -0.4 is 16.0 Å². The van der Waals surface area contributed by atoms with Crippen molar-refractivity contribution < 1.29 is 9.53 Å². The van der Waals surface area contributed by atoms with Gasteiger partial charge in [0.25, 0.3) is 0 Å². The van der Waals surface area contributed by atoms with E-state index in [1.54, 1.807) is 12.1 Å². The number of anilines is 2. The largest absolute Gasteiger partial charge is 0.371 e. The number of hydrogen-bond donors (Lipinski definition) is 3. The van der Waals surface area contributed by atoms with E-state index in [-0.39, 0.29) is 12.1 Å². The lowest BCUT2D eigenvalue weighted by atomic mass is 10.1. The summed E-state index contributed by atoms with van der Waals surface area (Å²) in [5, 5.41) is 9.13. The molecule has 6 nitrogen and oxygen atoms in total. The fraction of sp³-hybridized carbons (Fsp3) is 0.250. The number of halogens is 1. The number of nitrogens with zero attached hydrogens (tertiary/aromatic N) is 1. The molecule has 1 saturated heterocycles. The summed E-state index contributed by atoms with van der Waals surface area (Å²) in [6.45, 7) is 2.40. The van der Waals surface area contributed by atoms with Gasteiger partial charge in [-0.2, -0.15) is 0 Å². The molecule has 1 atom stereocenters. The first-order valence-corrected chi connectivity index (χ1v) is 7.70. The summed E-state index contributed by atoms with van der Waals surface area (Å²) in [5.74, 6) is 0. The van der Waals surface area contributed by atoms with Gasteiger partial charge in [-0.15, -0.1) is 0 Å². The first kappa shape index (κ1) is 15.7. The standard InChI is InChI=1S/C16H17ClN4O2/c17-15-6-5-13(9-19-15)21-16(22)20-12-3-1-11(2-4-12)14-10-18-7-8-23-14/h1-6,9,14,18H,7-8,10H2,(H2,20,21,22)/t14-/m0/s1. The zero-order valence-corrected chi connectivity index (χ0v) is 13.1. The first-order valence-electron chi connectivity index (χ1n) is 7.32.